The minimum atomic E-state index is -6.84. The van der Waals surface area contributed by atoms with E-state index in [0.717, 1.165) is 0 Å². The summed E-state index contributed by atoms with van der Waals surface area (Å²) in [7, 11) is 0. The second-order valence-electron chi connectivity index (χ2n) is 2.76. The van der Waals surface area contributed by atoms with Gasteiger partial charge in [-0.05, 0) is 6.08 Å². The number of rotatable bonds is 3. The van der Waals surface area contributed by atoms with Gasteiger partial charge in [-0.15, -0.1) is 0 Å². The summed E-state index contributed by atoms with van der Waals surface area (Å²) in [5.41, 5.74) is 0. The van der Waals surface area contributed by atoms with Crippen molar-refractivity contribution in [2.75, 3.05) is 0 Å². The minimum Gasteiger partial charge on any atom is -0.450 e. The van der Waals surface area contributed by atoms with Crippen LogP contribution < -0.4 is 0 Å². The van der Waals surface area contributed by atoms with Crippen molar-refractivity contribution in [3.05, 3.63) is 12.7 Å². The van der Waals surface area contributed by atoms with Crippen molar-refractivity contribution in [1.82, 2.24) is 0 Å². The highest BCUT2D eigenvalue weighted by molar-refractivity contribution is 5.53. The molecule has 0 fully saturated rings. The molecule has 2 N–H and O–H groups in total. The Morgan fingerprint density at radius 2 is 1.11 bits per heavy atom. The van der Waals surface area contributed by atoms with Crippen LogP contribution in [0.4, 0.5) is 44.3 Å². The zero-order valence-electron chi connectivity index (χ0n) is 8.49. The summed E-state index contributed by atoms with van der Waals surface area (Å²) < 4.78 is 107. The van der Waals surface area contributed by atoms with Crippen molar-refractivity contribution in [2.45, 2.75) is 23.9 Å². The Hall–Kier alpha value is -1.62. The van der Waals surface area contributed by atoms with Crippen LogP contribution in [0, 0.1) is 0 Å². The van der Waals surface area contributed by atoms with E-state index in [1.807, 2.05) is 0 Å². The first-order valence-electron chi connectivity index (χ1n) is 3.80. The van der Waals surface area contributed by atoms with Gasteiger partial charge in [-0.1, -0.05) is 6.58 Å². The van der Waals surface area contributed by atoms with Crippen molar-refractivity contribution in [3.63, 3.8) is 0 Å². The van der Waals surface area contributed by atoms with Gasteiger partial charge in [-0.25, -0.2) is 4.79 Å². The van der Waals surface area contributed by atoms with E-state index in [1.54, 1.807) is 0 Å². The van der Waals surface area contributed by atoms with Crippen LogP contribution in [-0.4, -0.2) is 40.3 Å². The van der Waals surface area contributed by atoms with E-state index in [2.05, 4.69) is 6.58 Å². The third-order valence-corrected chi connectivity index (χ3v) is 1.43. The van der Waals surface area contributed by atoms with Crippen molar-refractivity contribution in [3.8, 4) is 0 Å². The lowest BCUT2D eigenvalue weighted by Crippen LogP contribution is -2.60. The number of hydrogen-bond acceptors (Lipinski definition) is 1. The van der Waals surface area contributed by atoms with E-state index in [1.165, 1.54) is 0 Å². The van der Waals surface area contributed by atoms with Crippen molar-refractivity contribution < 1.29 is 54.5 Å². The lowest BCUT2D eigenvalue weighted by atomic mass is 10.0. The molecule has 0 saturated carbocycles. The Labute approximate surface area is 98.5 Å². The molecule has 3 nitrogen and oxygen atoms in total. The zero-order valence-corrected chi connectivity index (χ0v) is 8.49. The van der Waals surface area contributed by atoms with Crippen molar-refractivity contribution in [2.24, 2.45) is 0 Å². The fourth-order valence-corrected chi connectivity index (χ4v) is 0.516. The Kier molecular flexibility index (Phi) is 5.78. The van der Waals surface area contributed by atoms with Crippen LogP contribution >= 0.6 is 0 Å². The van der Waals surface area contributed by atoms with Crippen molar-refractivity contribution in [1.29, 1.82) is 0 Å². The van der Waals surface area contributed by atoms with Gasteiger partial charge in [-0.2, -0.15) is 39.5 Å². The normalized spacial score (nSPS) is 13.3. The molecule has 0 radical (unpaired) electrons. The highest BCUT2D eigenvalue weighted by Crippen LogP contribution is 2.53. The monoisotopic (exact) mass is 308 g/mol. The Morgan fingerprint density at radius 3 is 1.26 bits per heavy atom. The van der Waals surface area contributed by atoms with Gasteiger partial charge in [0.1, 0.15) is 0 Å². The molecule has 0 amide bonds. The molecule has 0 unspecified atom stereocenters. The smallest absolute Gasteiger partial charge is 0.450 e. The molecule has 0 aliphatic rings. The summed E-state index contributed by atoms with van der Waals surface area (Å²) in [5.74, 6) is -19.1. The average Bonchev–Trinajstić information content (AvgIpc) is 2.14. The van der Waals surface area contributed by atoms with Gasteiger partial charge in [0.05, 0.1) is 0 Å². The van der Waals surface area contributed by atoms with Gasteiger partial charge < -0.3 is 10.2 Å². The highest BCUT2D eigenvalue weighted by atomic mass is 19.4. The number of allylic oxidation sites excluding steroid dienone is 1. The summed E-state index contributed by atoms with van der Waals surface area (Å²) in [6.07, 6.45) is -9.57. The van der Waals surface area contributed by atoms with Gasteiger partial charge in [0.2, 0.25) is 0 Å². The molecule has 0 saturated heterocycles. The SMILES string of the molecule is C=CC(F)(F)C(F)(F)C(F)(F)C(F)(F)F.O=C(O)O. The molecule has 0 aliphatic heterocycles. The molecule has 0 spiro atoms. The first-order valence-corrected chi connectivity index (χ1v) is 3.80. The first kappa shape index (κ1) is 19.7. The van der Waals surface area contributed by atoms with Crippen LogP contribution in [0.2, 0.25) is 0 Å². The molecule has 0 aromatic carbocycles. The average molecular weight is 308 g/mol. The van der Waals surface area contributed by atoms with Crippen LogP contribution in [0.15, 0.2) is 12.7 Å². The van der Waals surface area contributed by atoms with Gasteiger partial charge in [0.25, 0.3) is 0 Å². The van der Waals surface area contributed by atoms with Crippen LogP contribution in [0.1, 0.15) is 0 Å². The topological polar surface area (TPSA) is 57.5 Å². The third kappa shape index (κ3) is 4.21. The first-order chi connectivity index (χ1) is 8.04. The van der Waals surface area contributed by atoms with Crippen LogP contribution in [0.3, 0.4) is 0 Å². The largest absolute Gasteiger partial charge is 0.503 e. The number of hydrogen-bond donors (Lipinski definition) is 2. The summed E-state index contributed by atoms with van der Waals surface area (Å²) in [4.78, 5) is 8.56. The summed E-state index contributed by atoms with van der Waals surface area (Å²) in [5, 5.41) is 13.9. The second kappa shape index (κ2) is 5.57. The molecule has 12 heteroatoms. The Morgan fingerprint density at radius 1 is 0.842 bits per heavy atom. The molecule has 0 rings (SSSR count). The fourth-order valence-electron chi connectivity index (χ4n) is 0.516. The second-order valence-corrected chi connectivity index (χ2v) is 2.76. The Bertz CT molecular complexity index is 329. The molecule has 0 aromatic rings. The molecular weight excluding hydrogens is 303 g/mol. The van der Waals surface area contributed by atoms with E-state index in [-0.39, 0.29) is 0 Å². The zero-order chi connectivity index (χ0) is 16.3. The number of halogens is 9. The summed E-state index contributed by atoms with van der Waals surface area (Å²) in [6.45, 7) is 2.06. The molecular formula is C7H5F9O3. The molecule has 0 aliphatic carbocycles. The summed E-state index contributed by atoms with van der Waals surface area (Å²) in [6, 6.07) is 0. The quantitative estimate of drug-likeness (QED) is 0.615. The maximum Gasteiger partial charge on any atom is 0.503 e. The molecule has 0 heterocycles. The third-order valence-electron chi connectivity index (χ3n) is 1.43. The van der Waals surface area contributed by atoms with Gasteiger partial charge in [-0.3, -0.25) is 0 Å². The highest BCUT2D eigenvalue weighted by Gasteiger charge is 2.80. The van der Waals surface area contributed by atoms with E-state index < -0.39 is 36.2 Å². The predicted octanol–water partition coefficient (Wildman–Crippen LogP) is 3.86. The van der Waals surface area contributed by atoms with E-state index >= 15 is 0 Å². The molecule has 114 valence electrons. The predicted molar refractivity (Wildman–Crippen MR) is 41.7 cm³/mol. The minimum absolute atomic E-state index is 0.966. The van der Waals surface area contributed by atoms with E-state index in [0.29, 0.717) is 0 Å². The van der Waals surface area contributed by atoms with Crippen molar-refractivity contribution >= 4 is 6.16 Å². The molecule has 0 bridgehead atoms. The molecule has 0 atom stereocenters. The number of carbonyl (C=O) groups is 1. The van der Waals surface area contributed by atoms with Gasteiger partial charge >= 0.3 is 30.1 Å². The number of alkyl halides is 9. The maximum atomic E-state index is 12.2. The molecule has 0 aromatic heterocycles. The van der Waals surface area contributed by atoms with Gasteiger partial charge in [0, 0.05) is 0 Å². The Balaban J connectivity index is 0. The molecule has 19 heavy (non-hydrogen) atoms. The summed E-state index contributed by atoms with van der Waals surface area (Å²) >= 11 is 0. The van der Waals surface area contributed by atoms with Crippen LogP contribution in [0.25, 0.3) is 0 Å². The van der Waals surface area contributed by atoms with Crippen LogP contribution in [0.5, 0.6) is 0 Å². The maximum absolute atomic E-state index is 12.2. The standard InChI is InChI=1S/C6H3F9.CH2O3/c1-2-3(7,8)4(9,10)5(11,12)6(13,14)15;2-1(3)4/h2H,1H2;(H2,2,3,4). The lowest BCUT2D eigenvalue weighted by Gasteiger charge is -2.31. The van der Waals surface area contributed by atoms with Gasteiger partial charge in [0.15, 0.2) is 0 Å². The van der Waals surface area contributed by atoms with Crippen LogP contribution in [-0.2, 0) is 0 Å². The fraction of sp³-hybridized carbons (Fsp3) is 0.571. The number of carboxylic acid groups (broad SMARTS) is 2. The lowest BCUT2D eigenvalue weighted by molar-refractivity contribution is -0.388. The van der Waals surface area contributed by atoms with E-state index in [9.17, 15) is 39.5 Å². The van der Waals surface area contributed by atoms with E-state index in [4.69, 9.17) is 15.0 Å².